The van der Waals surface area contributed by atoms with E-state index < -0.39 is 0 Å². The maximum Gasteiger partial charge on any atom is 0.199 e. The molecule has 1 N–H and O–H groups in total. The molecule has 0 aliphatic heterocycles. The summed E-state index contributed by atoms with van der Waals surface area (Å²) in [6.07, 6.45) is 0. The van der Waals surface area contributed by atoms with E-state index in [1.807, 2.05) is 12.1 Å². The Labute approximate surface area is 86.9 Å². The van der Waals surface area contributed by atoms with E-state index in [9.17, 15) is 5.21 Å². The van der Waals surface area contributed by atoms with Crippen molar-refractivity contribution in [2.45, 2.75) is 6.92 Å². The Morgan fingerprint density at radius 2 is 1.87 bits per heavy atom. The average Bonchev–Trinajstić information content (AvgIpc) is 2.60. The zero-order valence-corrected chi connectivity index (χ0v) is 8.51. The SMILES string of the molecule is COc1ccc(-c2nnc(C)n2O)cc1. The van der Waals surface area contributed by atoms with Crippen molar-refractivity contribution in [2.75, 3.05) is 7.11 Å². The van der Waals surface area contributed by atoms with Crippen LogP contribution >= 0.6 is 0 Å². The lowest BCUT2D eigenvalue weighted by Crippen LogP contribution is -1.96. The van der Waals surface area contributed by atoms with Crippen molar-refractivity contribution in [1.29, 1.82) is 0 Å². The van der Waals surface area contributed by atoms with Crippen LogP contribution in [0.25, 0.3) is 11.4 Å². The van der Waals surface area contributed by atoms with Gasteiger partial charge in [-0.2, -0.15) is 4.73 Å². The minimum atomic E-state index is 0.426. The second-order valence-corrected chi connectivity index (χ2v) is 3.11. The van der Waals surface area contributed by atoms with Gasteiger partial charge < -0.3 is 9.94 Å². The first-order valence-electron chi connectivity index (χ1n) is 4.48. The molecule has 0 aliphatic rings. The normalized spacial score (nSPS) is 10.3. The van der Waals surface area contributed by atoms with Crippen LogP contribution in [0.5, 0.6) is 5.75 Å². The predicted octanol–water partition coefficient (Wildman–Crippen LogP) is 1.50. The van der Waals surface area contributed by atoms with Crippen LogP contribution in [0, 0.1) is 6.92 Å². The summed E-state index contributed by atoms with van der Waals surface area (Å²) in [5.41, 5.74) is 0.791. The quantitative estimate of drug-likeness (QED) is 0.755. The number of nitrogens with zero attached hydrogens (tertiary/aromatic N) is 3. The molecule has 0 saturated carbocycles. The van der Waals surface area contributed by atoms with Crippen LogP contribution in [0.2, 0.25) is 0 Å². The molecule has 1 aromatic heterocycles. The van der Waals surface area contributed by atoms with Gasteiger partial charge in [0.25, 0.3) is 0 Å². The van der Waals surface area contributed by atoms with Crippen LogP contribution in [0.1, 0.15) is 5.82 Å². The first kappa shape index (κ1) is 9.51. The van der Waals surface area contributed by atoms with Gasteiger partial charge in [-0.3, -0.25) is 0 Å². The van der Waals surface area contributed by atoms with Crippen LogP contribution in [0.15, 0.2) is 24.3 Å². The van der Waals surface area contributed by atoms with E-state index in [0.717, 1.165) is 16.0 Å². The second kappa shape index (κ2) is 3.61. The molecule has 0 radical (unpaired) electrons. The lowest BCUT2D eigenvalue weighted by Gasteiger charge is -2.02. The van der Waals surface area contributed by atoms with Gasteiger partial charge in [0.05, 0.1) is 7.11 Å². The Morgan fingerprint density at radius 3 is 2.33 bits per heavy atom. The molecule has 1 heterocycles. The molecule has 0 saturated heterocycles. The Balaban J connectivity index is 2.41. The maximum absolute atomic E-state index is 9.58. The first-order chi connectivity index (χ1) is 7.22. The predicted molar refractivity (Wildman–Crippen MR) is 53.9 cm³/mol. The van der Waals surface area contributed by atoms with E-state index in [0.29, 0.717) is 11.6 Å². The molecule has 0 aliphatic carbocycles. The number of aromatic nitrogens is 3. The van der Waals surface area contributed by atoms with E-state index in [2.05, 4.69) is 10.2 Å². The van der Waals surface area contributed by atoms with E-state index in [4.69, 9.17) is 4.74 Å². The maximum atomic E-state index is 9.58. The molecule has 1 aromatic carbocycles. The van der Waals surface area contributed by atoms with Crippen LogP contribution < -0.4 is 4.74 Å². The van der Waals surface area contributed by atoms with Crippen molar-refractivity contribution in [1.82, 2.24) is 14.9 Å². The molecular formula is C10H11N3O2. The second-order valence-electron chi connectivity index (χ2n) is 3.11. The van der Waals surface area contributed by atoms with Gasteiger partial charge in [-0.1, -0.05) is 0 Å². The largest absolute Gasteiger partial charge is 0.497 e. The molecule has 0 spiro atoms. The number of hydrogen-bond donors (Lipinski definition) is 1. The zero-order chi connectivity index (χ0) is 10.8. The lowest BCUT2D eigenvalue weighted by atomic mass is 10.2. The summed E-state index contributed by atoms with van der Waals surface area (Å²) in [6, 6.07) is 7.24. The van der Waals surface area contributed by atoms with Gasteiger partial charge in [-0.15, -0.1) is 10.2 Å². The monoisotopic (exact) mass is 205 g/mol. The van der Waals surface area contributed by atoms with Crippen molar-refractivity contribution < 1.29 is 9.94 Å². The Bertz CT molecular complexity index is 462. The molecule has 2 aromatic rings. The molecule has 5 nitrogen and oxygen atoms in total. The minimum Gasteiger partial charge on any atom is -0.497 e. The summed E-state index contributed by atoms with van der Waals surface area (Å²) in [5, 5.41) is 17.2. The Hall–Kier alpha value is -2.04. The standard InChI is InChI=1S/C10H11N3O2/c1-7-11-12-10(13(7)14)8-3-5-9(15-2)6-4-8/h3-6,14H,1-2H3. The molecule has 5 heteroatoms. The molecule has 2 rings (SSSR count). The molecule has 0 fully saturated rings. The van der Waals surface area contributed by atoms with Crippen LogP contribution in [-0.4, -0.2) is 27.2 Å². The zero-order valence-electron chi connectivity index (χ0n) is 8.51. The van der Waals surface area contributed by atoms with Crippen molar-refractivity contribution >= 4 is 0 Å². The lowest BCUT2D eigenvalue weighted by molar-refractivity contribution is 0.183. The van der Waals surface area contributed by atoms with Gasteiger partial charge in [0.1, 0.15) is 5.75 Å². The fraction of sp³-hybridized carbons (Fsp3) is 0.200. The fourth-order valence-corrected chi connectivity index (χ4v) is 1.28. The molecule has 78 valence electrons. The number of benzene rings is 1. The van der Waals surface area contributed by atoms with Gasteiger partial charge >= 0.3 is 0 Å². The van der Waals surface area contributed by atoms with Crippen molar-refractivity contribution in [3.05, 3.63) is 30.1 Å². The molecule has 0 bridgehead atoms. The Morgan fingerprint density at radius 1 is 1.20 bits per heavy atom. The van der Waals surface area contributed by atoms with E-state index in [1.165, 1.54) is 0 Å². The molecule has 0 atom stereocenters. The smallest absolute Gasteiger partial charge is 0.199 e. The van der Waals surface area contributed by atoms with Gasteiger partial charge in [0, 0.05) is 5.56 Å². The number of aryl methyl sites for hydroxylation is 1. The van der Waals surface area contributed by atoms with Crippen LogP contribution in [0.3, 0.4) is 0 Å². The topological polar surface area (TPSA) is 60.2 Å². The van der Waals surface area contributed by atoms with E-state index in [-0.39, 0.29) is 0 Å². The summed E-state index contributed by atoms with van der Waals surface area (Å²) in [6.45, 7) is 1.68. The number of methoxy groups -OCH3 is 1. The van der Waals surface area contributed by atoms with Crippen molar-refractivity contribution in [3.8, 4) is 17.1 Å². The molecule has 0 amide bonds. The Kier molecular flexibility index (Phi) is 2.29. The minimum absolute atomic E-state index is 0.426. The third kappa shape index (κ3) is 1.63. The van der Waals surface area contributed by atoms with Crippen LogP contribution in [-0.2, 0) is 0 Å². The van der Waals surface area contributed by atoms with Crippen LogP contribution in [0.4, 0.5) is 0 Å². The van der Waals surface area contributed by atoms with Gasteiger partial charge in [-0.25, -0.2) is 0 Å². The highest BCUT2D eigenvalue weighted by molar-refractivity contribution is 5.56. The summed E-state index contributed by atoms with van der Waals surface area (Å²) < 4.78 is 6.00. The fourth-order valence-electron chi connectivity index (χ4n) is 1.28. The summed E-state index contributed by atoms with van der Waals surface area (Å²) in [7, 11) is 1.60. The van der Waals surface area contributed by atoms with E-state index in [1.54, 1.807) is 26.2 Å². The highest BCUT2D eigenvalue weighted by atomic mass is 16.5. The third-order valence-corrected chi connectivity index (χ3v) is 2.14. The summed E-state index contributed by atoms with van der Waals surface area (Å²) >= 11 is 0. The van der Waals surface area contributed by atoms with Gasteiger partial charge in [0.2, 0.25) is 0 Å². The third-order valence-electron chi connectivity index (χ3n) is 2.14. The summed E-state index contributed by atoms with van der Waals surface area (Å²) in [4.78, 5) is 0. The van der Waals surface area contributed by atoms with Gasteiger partial charge in [-0.05, 0) is 31.2 Å². The molecule has 15 heavy (non-hydrogen) atoms. The van der Waals surface area contributed by atoms with E-state index >= 15 is 0 Å². The number of rotatable bonds is 2. The highest BCUT2D eigenvalue weighted by Gasteiger charge is 2.09. The first-order valence-corrected chi connectivity index (χ1v) is 4.48. The summed E-state index contributed by atoms with van der Waals surface area (Å²) in [5.74, 6) is 1.65. The average molecular weight is 205 g/mol. The number of ether oxygens (including phenoxy) is 1. The number of hydrogen-bond acceptors (Lipinski definition) is 4. The van der Waals surface area contributed by atoms with Crippen molar-refractivity contribution in [2.24, 2.45) is 0 Å². The molecular weight excluding hydrogens is 194 g/mol. The highest BCUT2D eigenvalue weighted by Crippen LogP contribution is 2.20. The van der Waals surface area contributed by atoms with Gasteiger partial charge in [0.15, 0.2) is 11.6 Å². The molecule has 0 unspecified atom stereocenters. The van der Waals surface area contributed by atoms with Crippen molar-refractivity contribution in [3.63, 3.8) is 0 Å².